The fourth-order valence-electron chi connectivity index (χ4n) is 5.44. The Morgan fingerprint density at radius 3 is 1.53 bits per heavy atom. The van der Waals surface area contributed by atoms with E-state index in [-0.39, 0.29) is 11.8 Å². The molecule has 162 valence electrons. The first kappa shape index (κ1) is 21.0. The summed E-state index contributed by atoms with van der Waals surface area (Å²) in [5.41, 5.74) is 5.31. The van der Waals surface area contributed by atoms with Gasteiger partial charge in [-0.1, -0.05) is 37.1 Å². The van der Waals surface area contributed by atoms with Gasteiger partial charge in [0.05, 0.1) is 0 Å². The van der Waals surface area contributed by atoms with Gasteiger partial charge in [0.25, 0.3) is 0 Å². The first-order valence-corrected chi connectivity index (χ1v) is 11.7. The lowest BCUT2D eigenvalue weighted by molar-refractivity contribution is -0.122. The van der Waals surface area contributed by atoms with Crippen LogP contribution in [0.4, 0.5) is 0 Å². The summed E-state index contributed by atoms with van der Waals surface area (Å²) in [6.45, 7) is 0. The first-order chi connectivity index (χ1) is 14.7. The second-order valence-electron chi connectivity index (χ2n) is 9.43. The molecule has 30 heavy (non-hydrogen) atoms. The number of hydrazone groups is 2. The van der Waals surface area contributed by atoms with Crippen molar-refractivity contribution in [1.82, 2.24) is 10.9 Å². The van der Waals surface area contributed by atoms with Crippen molar-refractivity contribution in [2.45, 2.75) is 64.2 Å². The summed E-state index contributed by atoms with van der Waals surface area (Å²) in [5, 5.41) is 8.30. The summed E-state index contributed by atoms with van der Waals surface area (Å²) in [6.07, 6.45) is 22.4. The molecule has 0 unspecified atom stereocenters. The Morgan fingerprint density at radius 2 is 1.17 bits per heavy atom. The SMILES string of the molecule is O=C(CCCCCCC(=O)N/N=C\[C@H]1C[C@@H]2C=C[C@@H]1C2)N/N=C\[C@@H]1C[C@@H]2C=C[C@H]1C2. The van der Waals surface area contributed by atoms with Crippen LogP contribution in [0, 0.1) is 35.5 Å². The summed E-state index contributed by atoms with van der Waals surface area (Å²) >= 11 is 0. The number of carbonyl (C=O) groups is 2. The van der Waals surface area contributed by atoms with E-state index >= 15 is 0 Å². The number of hydrogen-bond donors (Lipinski definition) is 2. The van der Waals surface area contributed by atoms with Crippen LogP contribution in [0.25, 0.3) is 0 Å². The van der Waals surface area contributed by atoms with Gasteiger partial charge < -0.3 is 0 Å². The summed E-state index contributed by atoms with van der Waals surface area (Å²) in [4.78, 5) is 23.7. The number of unbranched alkanes of at least 4 members (excludes halogenated alkanes) is 3. The van der Waals surface area contributed by atoms with Crippen molar-refractivity contribution in [2.24, 2.45) is 45.7 Å². The summed E-state index contributed by atoms with van der Waals surface area (Å²) in [7, 11) is 0. The fourth-order valence-corrected chi connectivity index (χ4v) is 5.44. The molecular formula is C24H34N4O2. The van der Waals surface area contributed by atoms with Gasteiger partial charge in [0, 0.05) is 37.1 Å². The predicted octanol–water partition coefficient (Wildman–Crippen LogP) is 3.96. The van der Waals surface area contributed by atoms with Crippen LogP contribution < -0.4 is 10.9 Å². The quantitative estimate of drug-likeness (QED) is 0.234. The Morgan fingerprint density at radius 1 is 0.700 bits per heavy atom. The molecule has 0 aliphatic heterocycles. The summed E-state index contributed by atoms with van der Waals surface area (Å²) < 4.78 is 0. The van der Waals surface area contributed by atoms with E-state index in [1.54, 1.807) is 0 Å². The van der Waals surface area contributed by atoms with E-state index in [4.69, 9.17) is 0 Å². The van der Waals surface area contributed by atoms with Crippen LogP contribution in [0.3, 0.4) is 0 Å². The zero-order valence-electron chi connectivity index (χ0n) is 17.7. The van der Waals surface area contributed by atoms with Gasteiger partial charge in [-0.2, -0.15) is 10.2 Å². The van der Waals surface area contributed by atoms with E-state index in [2.05, 4.69) is 45.4 Å². The van der Waals surface area contributed by atoms with Crippen LogP contribution in [0.5, 0.6) is 0 Å². The zero-order chi connectivity index (χ0) is 20.8. The summed E-state index contributed by atoms with van der Waals surface area (Å²) in [6, 6.07) is 0. The maximum absolute atomic E-state index is 11.9. The molecule has 0 aromatic rings. The van der Waals surface area contributed by atoms with Crippen LogP contribution in [0.15, 0.2) is 34.5 Å². The molecule has 6 heteroatoms. The summed E-state index contributed by atoms with van der Waals surface area (Å²) in [5.74, 6) is 3.61. The number of nitrogens with zero attached hydrogens (tertiary/aromatic N) is 2. The number of allylic oxidation sites excluding steroid dienone is 4. The van der Waals surface area contributed by atoms with Gasteiger partial charge in [-0.15, -0.1) is 0 Å². The molecule has 4 aliphatic carbocycles. The van der Waals surface area contributed by atoms with Crippen molar-refractivity contribution in [3.63, 3.8) is 0 Å². The Kier molecular flexibility index (Phi) is 7.13. The average molecular weight is 411 g/mol. The van der Waals surface area contributed by atoms with E-state index in [0.29, 0.717) is 36.5 Å². The molecule has 6 nitrogen and oxygen atoms in total. The van der Waals surface area contributed by atoms with Gasteiger partial charge >= 0.3 is 0 Å². The first-order valence-electron chi connectivity index (χ1n) is 11.7. The van der Waals surface area contributed by atoms with E-state index in [9.17, 15) is 9.59 Å². The van der Waals surface area contributed by atoms with Crippen molar-refractivity contribution < 1.29 is 9.59 Å². The minimum absolute atomic E-state index is 0.0208. The molecule has 0 aromatic heterocycles. The molecule has 2 amide bonds. The molecule has 4 bridgehead atoms. The second kappa shape index (κ2) is 10.2. The normalized spacial score (nSPS) is 33.3. The third-order valence-electron chi connectivity index (χ3n) is 7.13. The maximum atomic E-state index is 11.9. The van der Waals surface area contributed by atoms with Crippen molar-refractivity contribution in [1.29, 1.82) is 0 Å². The smallest absolute Gasteiger partial charge is 0.240 e. The number of hydrogen-bond acceptors (Lipinski definition) is 4. The Hall–Kier alpha value is -2.24. The van der Waals surface area contributed by atoms with Crippen molar-refractivity contribution in [3.8, 4) is 0 Å². The highest BCUT2D eigenvalue weighted by Crippen LogP contribution is 2.43. The highest BCUT2D eigenvalue weighted by atomic mass is 16.2. The number of amides is 2. The zero-order valence-corrected chi connectivity index (χ0v) is 17.7. The maximum Gasteiger partial charge on any atom is 0.240 e. The largest absolute Gasteiger partial charge is 0.273 e. The molecule has 2 fully saturated rings. The topological polar surface area (TPSA) is 82.9 Å². The second-order valence-corrected chi connectivity index (χ2v) is 9.43. The molecule has 0 heterocycles. The van der Waals surface area contributed by atoms with E-state index < -0.39 is 0 Å². The number of carbonyl (C=O) groups excluding carboxylic acids is 2. The molecule has 0 radical (unpaired) electrons. The van der Waals surface area contributed by atoms with Gasteiger partial charge in [0.2, 0.25) is 11.8 Å². The Labute approximate surface area is 179 Å². The van der Waals surface area contributed by atoms with Crippen LogP contribution >= 0.6 is 0 Å². The van der Waals surface area contributed by atoms with Crippen molar-refractivity contribution in [3.05, 3.63) is 24.3 Å². The van der Waals surface area contributed by atoms with Gasteiger partial charge in [0.15, 0.2) is 0 Å². The predicted molar refractivity (Wildman–Crippen MR) is 119 cm³/mol. The third kappa shape index (κ3) is 5.67. The highest BCUT2D eigenvalue weighted by Gasteiger charge is 2.35. The molecular weight excluding hydrogens is 376 g/mol. The lowest BCUT2D eigenvalue weighted by Crippen LogP contribution is -2.19. The Bertz CT molecular complexity index is 679. The highest BCUT2D eigenvalue weighted by molar-refractivity contribution is 5.77. The lowest BCUT2D eigenvalue weighted by Gasteiger charge is -2.12. The molecule has 2 saturated carbocycles. The molecule has 4 rings (SSSR count). The van der Waals surface area contributed by atoms with Gasteiger partial charge in [-0.05, 0) is 62.2 Å². The minimum atomic E-state index is -0.0208. The molecule has 4 aliphatic rings. The average Bonchev–Trinajstić information content (AvgIpc) is 3.52. The monoisotopic (exact) mass is 410 g/mol. The van der Waals surface area contributed by atoms with Crippen molar-refractivity contribution >= 4 is 24.2 Å². The molecule has 2 N–H and O–H groups in total. The number of rotatable bonds is 11. The van der Waals surface area contributed by atoms with Crippen LogP contribution in [0.2, 0.25) is 0 Å². The number of fused-ring (bicyclic) bond motifs is 4. The molecule has 6 atom stereocenters. The molecule has 0 aromatic carbocycles. The van der Waals surface area contributed by atoms with Gasteiger partial charge in [-0.3, -0.25) is 9.59 Å². The van der Waals surface area contributed by atoms with E-state index in [1.165, 1.54) is 25.7 Å². The number of nitrogens with one attached hydrogen (secondary N) is 2. The lowest BCUT2D eigenvalue weighted by atomic mass is 9.95. The fraction of sp³-hybridized carbons (Fsp3) is 0.667. The molecule has 0 spiro atoms. The van der Waals surface area contributed by atoms with E-state index in [1.807, 2.05) is 12.4 Å². The van der Waals surface area contributed by atoms with Crippen LogP contribution in [-0.2, 0) is 9.59 Å². The van der Waals surface area contributed by atoms with E-state index in [0.717, 1.165) is 37.5 Å². The van der Waals surface area contributed by atoms with Gasteiger partial charge in [0.1, 0.15) is 0 Å². The van der Waals surface area contributed by atoms with Crippen molar-refractivity contribution in [2.75, 3.05) is 0 Å². The molecule has 0 saturated heterocycles. The third-order valence-corrected chi connectivity index (χ3v) is 7.13. The minimum Gasteiger partial charge on any atom is -0.273 e. The van der Waals surface area contributed by atoms with Crippen LogP contribution in [0.1, 0.15) is 64.2 Å². The standard InChI is InChI=1S/C24H34N4O2/c29-23(27-25-15-21-13-17-7-9-19(21)11-17)5-3-1-2-4-6-24(30)28-26-16-22-14-18-8-10-20(22)12-18/h7-10,15-22H,1-6,11-14H2,(H,27,29)(H,28,30)/b25-15-,26-16-/t17-,18-,19-,20+,21-,22+/m1/s1. The van der Waals surface area contributed by atoms with Gasteiger partial charge in [-0.25, -0.2) is 10.9 Å². The Balaban J connectivity index is 0.981. The van der Waals surface area contributed by atoms with Crippen LogP contribution in [-0.4, -0.2) is 24.2 Å².